The molecule has 1 N–H and O–H groups in total. The lowest BCUT2D eigenvalue weighted by atomic mass is 10.0. The van der Waals surface area contributed by atoms with Crippen molar-refractivity contribution in [2.75, 3.05) is 7.05 Å². The summed E-state index contributed by atoms with van der Waals surface area (Å²) in [4.78, 5) is 0. The normalized spacial score (nSPS) is 14.6. The molecular formula is C16H27NO. The maximum absolute atomic E-state index is 6.10. The zero-order chi connectivity index (χ0) is 13.5. The van der Waals surface area contributed by atoms with Crippen LogP contribution in [0.5, 0.6) is 5.75 Å². The van der Waals surface area contributed by atoms with Crippen molar-refractivity contribution in [3.8, 4) is 5.75 Å². The van der Waals surface area contributed by atoms with Gasteiger partial charge in [0.1, 0.15) is 5.75 Å². The molecule has 0 saturated carbocycles. The predicted molar refractivity (Wildman–Crippen MR) is 78.1 cm³/mol. The molecule has 2 nitrogen and oxygen atoms in total. The molecule has 1 rings (SSSR count). The summed E-state index contributed by atoms with van der Waals surface area (Å²) in [5.41, 5.74) is 1.26. The fourth-order valence-corrected chi connectivity index (χ4v) is 2.38. The van der Waals surface area contributed by atoms with Gasteiger partial charge < -0.3 is 10.1 Å². The van der Waals surface area contributed by atoms with Crippen LogP contribution < -0.4 is 10.1 Å². The molecule has 1 aromatic rings. The zero-order valence-corrected chi connectivity index (χ0v) is 12.4. The van der Waals surface area contributed by atoms with Crippen molar-refractivity contribution >= 4 is 0 Å². The molecule has 0 fully saturated rings. The van der Waals surface area contributed by atoms with Crippen molar-refractivity contribution in [2.24, 2.45) is 5.92 Å². The third-order valence-corrected chi connectivity index (χ3v) is 3.18. The van der Waals surface area contributed by atoms with Crippen molar-refractivity contribution in [1.29, 1.82) is 0 Å². The summed E-state index contributed by atoms with van der Waals surface area (Å²) in [5.74, 6) is 1.69. The molecule has 102 valence electrons. The molecule has 0 heterocycles. The minimum absolute atomic E-state index is 0.264. The number of rotatable bonds is 7. The fraction of sp³-hybridized carbons (Fsp3) is 0.625. The molecule has 0 saturated heterocycles. The molecule has 2 atom stereocenters. The van der Waals surface area contributed by atoms with Gasteiger partial charge in [-0.1, -0.05) is 39.0 Å². The lowest BCUT2D eigenvalue weighted by Crippen LogP contribution is -2.19. The molecule has 0 spiro atoms. The van der Waals surface area contributed by atoms with E-state index in [1.54, 1.807) is 0 Å². The van der Waals surface area contributed by atoms with Crippen LogP contribution in [0.1, 0.15) is 52.1 Å². The summed E-state index contributed by atoms with van der Waals surface area (Å²) in [7, 11) is 2.00. The molecule has 2 heteroatoms. The molecule has 0 aromatic heterocycles. The van der Waals surface area contributed by atoms with Gasteiger partial charge in [-0.15, -0.1) is 0 Å². The second-order valence-electron chi connectivity index (χ2n) is 5.35. The number of hydrogen-bond donors (Lipinski definition) is 1. The first kappa shape index (κ1) is 15.0. The summed E-state index contributed by atoms with van der Waals surface area (Å²) >= 11 is 0. The van der Waals surface area contributed by atoms with Crippen molar-refractivity contribution < 1.29 is 4.74 Å². The molecule has 0 aliphatic carbocycles. The number of benzene rings is 1. The Morgan fingerprint density at radius 3 is 2.39 bits per heavy atom. The van der Waals surface area contributed by atoms with Crippen molar-refractivity contribution in [3.63, 3.8) is 0 Å². The van der Waals surface area contributed by atoms with Crippen LogP contribution in [0, 0.1) is 5.92 Å². The van der Waals surface area contributed by atoms with Crippen LogP contribution in [0.2, 0.25) is 0 Å². The Morgan fingerprint density at radius 1 is 1.17 bits per heavy atom. The van der Waals surface area contributed by atoms with Gasteiger partial charge in [0.25, 0.3) is 0 Å². The maximum Gasteiger partial charge on any atom is 0.124 e. The number of para-hydroxylation sites is 1. The Morgan fingerprint density at radius 2 is 1.83 bits per heavy atom. The van der Waals surface area contributed by atoms with Crippen LogP contribution in [-0.4, -0.2) is 13.2 Å². The molecule has 2 unspecified atom stereocenters. The first-order valence-electron chi connectivity index (χ1n) is 7.01. The lowest BCUT2D eigenvalue weighted by molar-refractivity contribution is 0.190. The Hall–Kier alpha value is -1.02. The van der Waals surface area contributed by atoms with Crippen LogP contribution in [0.25, 0.3) is 0 Å². The molecule has 1 aromatic carbocycles. The summed E-state index contributed by atoms with van der Waals surface area (Å²) in [6, 6.07) is 8.72. The van der Waals surface area contributed by atoms with Crippen molar-refractivity contribution in [3.05, 3.63) is 29.8 Å². The van der Waals surface area contributed by atoms with E-state index in [1.165, 1.54) is 5.56 Å². The minimum Gasteiger partial charge on any atom is -0.490 e. The number of nitrogens with one attached hydrogen (secondary N) is 1. The Labute approximate surface area is 112 Å². The minimum atomic E-state index is 0.264. The van der Waals surface area contributed by atoms with Gasteiger partial charge in [-0.3, -0.25) is 0 Å². The van der Waals surface area contributed by atoms with Crippen LogP contribution in [0.3, 0.4) is 0 Å². The van der Waals surface area contributed by atoms with Crippen LogP contribution in [0.15, 0.2) is 24.3 Å². The van der Waals surface area contributed by atoms with E-state index in [9.17, 15) is 0 Å². The smallest absolute Gasteiger partial charge is 0.124 e. The predicted octanol–water partition coefficient (Wildman–Crippen LogP) is 4.17. The quantitative estimate of drug-likeness (QED) is 0.783. The van der Waals surface area contributed by atoms with Gasteiger partial charge in [-0.2, -0.15) is 0 Å². The molecule has 0 bridgehead atoms. The van der Waals surface area contributed by atoms with Gasteiger partial charge in [-0.25, -0.2) is 0 Å². The monoisotopic (exact) mass is 249 g/mol. The first-order chi connectivity index (χ1) is 8.58. The summed E-state index contributed by atoms with van der Waals surface area (Å²) < 4.78 is 6.10. The highest BCUT2D eigenvalue weighted by molar-refractivity contribution is 5.36. The van der Waals surface area contributed by atoms with Gasteiger partial charge in [-0.05, 0) is 38.8 Å². The van der Waals surface area contributed by atoms with Crippen LogP contribution >= 0.6 is 0 Å². The summed E-state index contributed by atoms with van der Waals surface area (Å²) in [6.07, 6.45) is 2.42. The van der Waals surface area contributed by atoms with E-state index in [0.717, 1.165) is 18.6 Å². The topological polar surface area (TPSA) is 21.3 Å². The Bertz CT molecular complexity index is 345. The van der Waals surface area contributed by atoms with E-state index in [-0.39, 0.29) is 6.10 Å². The molecule has 0 radical (unpaired) electrons. The van der Waals surface area contributed by atoms with Crippen molar-refractivity contribution in [1.82, 2.24) is 5.32 Å². The van der Waals surface area contributed by atoms with E-state index < -0.39 is 0 Å². The highest BCUT2D eigenvalue weighted by atomic mass is 16.5. The highest BCUT2D eigenvalue weighted by Crippen LogP contribution is 2.28. The standard InChI is InChI=1S/C16H27NO/c1-6-15(17-5)14-9-7-8-10-16(14)18-13(4)11-12(2)3/h7-10,12-13,15,17H,6,11H2,1-5H3. The van der Waals surface area contributed by atoms with E-state index in [2.05, 4.69) is 51.2 Å². The second-order valence-corrected chi connectivity index (χ2v) is 5.35. The maximum atomic E-state index is 6.10. The van der Waals surface area contributed by atoms with Gasteiger partial charge in [0.15, 0.2) is 0 Å². The summed E-state index contributed by atoms with van der Waals surface area (Å²) in [6.45, 7) is 8.80. The SMILES string of the molecule is CCC(NC)c1ccccc1OC(C)CC(C)C. The molecule has 0 aliphatic heterocycles. The molecule has 0 aliphatic rings. The lowest BCUT2D eigenvalue weighted by Gasteiger charge is -2.22. The second kappa shape index (κ2) is 7.42. The first-order valence-corrected chi connectivity index (χ1v) is 7.01. The Kier molecular flexibility index (Phi) is 6.20. The average Bonchev–Trinajstić information content (AvgIpc) is 2.31. The van der Waals surface area contributed by atoms with E-state index in [1.807, 2.05) is 13.1 Å². The number of ether oxygens (including phenoxy) is 1. The van der Waals surface area contributed by atoms with Gasteiger partial charge in [0, 0.05) is 11.6 Å². The third kappa shape index (κ3) is 4.34. The van der Waals surface area contributed by atoms with Crippen molar-refractivity contribution in [2.45, 2.75) is 52.7 Å². The average molecular weight is 249 g/mol. The van der Waals surface area contributed by atoms with E-state index in [0.29, 0.717) is 12.0 Å². The highest BCUT2D eigenvalue weighted by Gasteiger charge is 2.14. The van der Waals surface area contributed by atoms with Crippen LogP contribution in [-0.2, 0) is 0 Å². The van der Waals surface area contributed by atoms with Crippen LogP contribution in [0.4, 0.5) is 0 Å². The fourth-order valence-electron chi connectivity index (χ4n) is 2.38. The molecular weight excluding hydrogens is 222 g/mol. The largest absolute Gasteiger partial charge is 0.490 e. The van der Waals surface area contributed by atoms with Gasteiger partial charge in [0.2, 0.25) is 0 Å². The zero-order valence-electron chi connectivity index (χ0n) is 12.4. The Balaban J connectivity index is 2.81. The van der Waals surface area contributed by atoms with E-state index in [4.69, 9.17) is 4.74 Å². The van der Waals surface area contributed by atoms with Gasteiger partial charge >= 0.3 is 0 Å². The van der Waals surface area contributed by atoms with Gasteiger partial charge in [0.05, 0.1) is 6.10 Å². The number of hydrogen-bond acceptors (Lipinski definition) is 2. The third-order valence-electron chi connectivity index (χ3n) is 3.18. The molecule has 0 amide bonds. The summed E-state index contributed by atoms with van der Waals surface area (Å²) in [5, 5.41) is 3.34. The molecule has 18 heavy (non-hydrogen) atoms. The van der Waals surface area contributed by atoms with E-state index >= 15 is 0 Å².